The Labute approximate surface area is 205 Å². The number of carbonyl (C=O) groups is 2. The number of benzene rings is 3. The maximum absolute atomic E-state index is 13.3. The van der Waals surface area contributed by atoms with Gasteiger partial charge in [-0.3, -0.25) is 4.79 Å². The van der Waals surface area contributed by atoms with Crippen LogP contribution in [0.15, 0.2) is 83.8 Å². The fourth-order valence-electron chi connectivity index (χ4n) is 3.44. The molecule has 4 aromatic rings. The molecule has 1 amide bonds. The van der Waals surface area contributed by atoms with E-state index in [1.165, 1.54) is 54.8 Å². The quantitative estimate of drug-likeness (QED) is 0.347. The third-order valence-electron chi connectivity index (χ3n) is 5.16. The molecule has 0 saturated heterocycles. The van der Waals surface area contributed by atoms with Crippen LogP contribution in [-0.4, -0.2) is 38.3 Å². The van der Waals surface area contributed by atoms with Crippen LogP contribution in [0.25, 0.3) is 10.1 Å². The third-order valence-corrected chi connectivity index (χ3v) is 8.06. The van der Waals surface area contributed by atoms with E-state index in [0.717, 1.165) is 14.4 Å². The van der Waals surface area contributed by atoms with E-state index in [1.54, 1.807) is 42.5 Å². The van der Waals surface area contributed by atoms with Crippen molar-refractivity contribution >= 4 is 49.0 Å². The SMILES string of the molecule is COC(=O)c1cc2cc(NC(=O)CN(Cc3ccc(F)cc3)S(=O)(=O)c3ccccc3)ccc2s1. The maximum atomic E-state index is 13.3. The minimum Gasteiger partial charge on any atom is -0.465 e. The van der Waals surface area contributed by atoms with E-state index in [4.69, 9.17) is 4.74 Å². The molecule has 0 fully saturated rings. The summed E-state index contributed by atoms with van der Waals surface area (Å²) in [5.41, 5.74) is 0.990. The lowest BCUT2D eigenvalue weighted by Crippen LogP contribution is -2.37. The van der Waals surface area contributed by atoms with E-state index in [1.807, 2.05) is 0 Å². The lowest BCUT2D eigenvalue weighted by molar-refractivity contribution is -0.116. The van der Waals surface area contributed by atoms with Crippen LogP contribution in [0, 0.1) is 5.82 Å². The Morgan fingerprint density at radius 2 is 1.71 bits per heavy atom. The standard InChI is InChI=1S/C25H21FN2O5S2/c1-33-25(30)23-14-18-13-20(11-12-22(18)34-23)27-24(29)16-28(15-17-7-9-19(26)10-8-17)35(31,32)21-5-3-2-4-6-21/h2-14H,15-16H2,1H3,(H,27,29). The number of hydrogen-bond donors (Lipinski definition) is 1. The Balaban J connectivity index is 1.56. The van der Waals surface area contributed by atoms with Gasteiger partial charge in [0.15, 0.2) is 0 Å². The van der Waals surface area contributed by atoms with Crippen LogP contribution in [0.5, 0.6) is 0 Å². The molecule has 0 bridgehead atoms. The third kappa shape index (κ3) is 5.73. The molecule has 0 aliphatic rings. The summed E-state index contributed by atoms with van der Waals surface area (Å²) < 4.78 is 46.5. The van der Waals surface area contributed by atoms with Gasteiger partial charge in [-0.2, -0.15) is 4.31 Å². The Hall–Kier alpha value is -3.60. The molecule has 7 nitrogen and oxygen atoms in total. The molecule has 4 rings (SSSR count). The lowest BCUT2D eigenvalue weighted by atomic mass is 10.2. The highest BCUT2D eigenvalue weighted by Crippen LogP contribution is 2.29. The van der Waals surface area contributed by atoms with E-state index in [2.05, 4.69) is 5.32 Å². The largest absolute Gasteiger partial charge is 0.465 e. The van der Waals surface area contributed by atoms with Gasteiger partial charge in [0, 0.05) is 16.9 Å². The van der Waals surface area contributed by atoms with Crippen molar-refractivity contribution in [3.8, 4) is 0 Å². The number of sulfonamides is 1. The number of ether oxygens (including phenoxy) is 1. The van der Waals surface area contributed by atoms with Crippen molar-refractivity contribution in [1.82, 2.24) is 4.31 Å². The van der Waals surface area contributed by atoms with Gasteiger partial charge in [-0.1, -0.05) is 30.3 Å². The summed E-state index contributed by atoms with van der Waals surface area (Å²) >= 11 is 1.27. The number of amides is 1. The van der Waals surface area contributed by atoms with Gasteiger partial charge in [0.1, 0.15) is 10.7 Å². The summed E-state index contributed by atoms with van der Waals surface area (Å²) in [5, 5.41) is 3.46. The van der Waals surface area contributed by atoms with Gasteiger partial charge < -0.3 is 10.1 Å². The second-order valence-electron chi connectivity index (χ2n) is 7.62. The zero-order chi connectivity index (χ0) is 25.0. The topological polar surface area (TPSA) is 92.8 Å². The normalized spacial score (nSPS) is 11.5. The number of methoxy groups -OCH3 is 1. The molecule has 35 heavy (non-hydrogen) atoms. The van der Waals surface area contributed by atoms with Crippen molar-refractivity contribution in [2.75, 3.05) is 19.0 Å². The fourth-order valence-corrected chi connectivity index (χ4v) is 5.81. The number of rotatable bonds is 8. The Bertz CT molecular complexity index is 1470. The number of anilines is 1. The number of fused-ring (bicyclic) bond motifs is 1. The number of hydrogen-bond acceptors (Lipinski definition) is 6. The van der Waals surface area contributed by atoms with Gasteiger partial charge in [0.25, 0.3) is 0 Å². The Morgan fingerprint density at radius 3 is 2.40 bits per heavy atom. The molecule has 1 aromatic heterocycles. The molecule has 3 aromatic carbocycles. The van der Waals surface area contributed by atoms with E-state index in [9.17, 15) is 22.4 Å². The first kappa shape index (κ1) is 24.5. The van der Waals surface area contributed by atoms with Gasteiger partial charge in [0.2, 0.25) is 15.9 Å². The monoisotopic (exact) mass is 512 g/mol. The van der Waals surface area contributed by atoms with Crippen LogP contribution in [0.1, 0.15) is 15.2 Å². The molecule has 0 radical (unpaired) electrons. The number of thiophene rings is 1. The molecule has 0 atom stereocenters. The molecule has 10 heteroatoms. The molecular formula is C25H21FN2O5S2. The van der Waals surface area contributed by atoms with E-state index < -0.39 is 34.3 Å². The van der Waals surface area contributed by atoms with Gasteiger partial charge >= 0.3 is 5.97 Å². The first-order chi connectivity index (χ1) is 16.8. The maximum Gasteiger partial charge on any atom is 0.348 e. The van der Waals surface area contributed by atoms with E-state index >= 15 is 0 Å². The second kappa shape index (κ2) is 10.3. The predicted octanol–water partition coefficient (Wildman–Crippen LogP) is 4.66. The molecule has 1 N–H and O–H groups in total. The highest BCUT2D eigenvalue weighted by Gasteiger charge is 2.27. The molecule has 0 aliphatic heterocycles. The second-order valence-corrected chi connectivity index (χ2v) is 10.6. The average Bonchev–Trinajstić information content (AvgIpc) is 3.28. The number of carbonyl (C=O) groups excluding carboxylic acids is 2. The van der Waals surface area contributed by atoms with Crippen molar-refractivity contribution in [2.45, 2.75) is 11.4 Å². The molecule has 0 aliphatic carbocycles. The average molecular weight is 513 g/mol. The zero-order valence-corrected chi connectivity index (χ0v) is 20.2. The zero-order valence-electron chi connectivity index (χ0n) is 18.6. The van der Waals surface area contributed by atoms with Gasteiger partial charge in [-0.15, -0.1) is 11.3 Å². The fraction of sp³-hybridized carbons (Fsp3) is 0.120. The highest BCUT2D eigenvalue weighted by atomic mass is 32.2. The lowest BCUT2D eigenvalue weighted by Gasteiger charge is -2.22. The minimum atomic E-state index is -4.01. The van der Waals surface area contributed by atoms with Crippen LogP contribution < -0.4 is 5.32 Å². The van der Waals surface area contributed by atoms with Crippen LogP contribution in [-0.2, 0) is 26.1 Å². The molecule has 1 heterocycles. The number of esters is 1. The molecule has 180 valence electrons. The van der Waals surface area contributed by atoms with Crippen LogP contribution in [0.2, 0.25) is 0 Å². The van der Waals surface area contributed by atoms with E-state index in [0.29, 0.717) is 16.1 Å². The van der Waals surface area contributed by atoms with Crippen LogP contribution in [0.3, 0.4) is 0 Å². The number of nitrogens with zero attached hydrogens (tertiary/aromatic N) is 1. The van der Waals surface area contributed by atoms with Crippen LogP contribution >= 0.6 is 11.3 Å². The van der Waals surface area contributed by atoms with Gasteiger partial charge in [-0.05, 0) is 59.5 Å². The summed E-state index contributed by atoms with van der Waals surface area (Å²) in [6.07, 6.45) is 0. The highest BCUT2D eigenvalue weighted by molar-refractivity contribution is 7.89. The molecular weight excluding hydrogens is 491 g/mol. The molecule has 0 saturated carbocycles. The predicted molar refractivity (Wildman–Crippen MR) is 132 cm³/mol. The summed E-state index contributed by atoms with van der Waals surface area (Å²) in [6, 6.07) is 20.0. The number of halogens is 1. The minimum absolute atomic E-state index is 0.0462. The van der Waals surface area contributed by atoms with Crippen molar-refractivity contribution in [3.05, 3.63) is 95.1 Å². The van der Waals surface area contributed by atoms with Crippen molar-refractivity contribution < 1.29 is 27.1 Å². The first-order valence-corrected chi connectivity index (χ1v) is 12.7. The molecule has 0 unspecified atom stereocenters. The van der Waals surface area contributed by atoms with Crippen LogP contribution in [0.4, 0.5) is 10.1 Å². The first-order valence-electron chi connectivity index (χ1n) is 10.5. The summed E-state index contributed by atoms with van der Waals surface area (Å²) in [5.74, 6) is -1.43. The summed E-state index contributed by atoms with van der Waals surface area (Å²) in [4.78, 5) is 25.2. The summed E-state index contributed by atoms with van der Waals surface area (Å²) in [6.45, 7) is -0.569. The van der Waals surface area contributed by atoms with Gasteiger partial charge in [-0.25, -0.2) is 17.6 Å². The molecule has 0 spiro atoms. The van der Waals surface area contributed by atoms with Gasteiger partial charge in [0.05, 0.1) is 18.6 Å². The van der Waals surface area contributed by atoms with Crippen molar-refractivity contribution in [3.63, 3.8) is 0 Å². The van der Waals surface area contributed by atoms with E-state index in [-0.39, 0.29) is 11.4 Å². The van der Waals surface area contributed by atoms with Crippen molar-refractivity contribution in [1.29, 1.82) is 0 Å². The summed E-state index contributed by atoms with van der Waals surface area (Å²) in [7, 11) is -2.71. The Kier molecular flexibility index (Phi) is 7.25. The Morgan fingerprint density at radius 1 is 1.00 bits per heavy atom. The van der Waals surface area contributed by atoms with Crippen molar-refractivity contribution in [2.24, 2.45) is 0 Å². The number of nitrogens with one attached hydrogen (secondary N) is 1. The smallest absolute Gasteiger partial charge is 0.348 e.